The summed E-state index contributed by atoms with van der Waals surface area (Å²) in [6.07, 6.45) is 7.22. The number of rotatable bonds is 3. The van der Waals surface area contributed by atoms with Gasteiger partial charge in [-0.05, 0) is 52.2 Å². The van der Waals surface area contributed by atoms with E-state index < -0.39 is 5.60 Å². The van der Waals surface area contributed by atoms with Crippen molar-refractivity contribution >= 4 is 23.5 Å². The van der Waals surface area contributed by atoms with Crippen LogP contribution in [-0.2, 0) is 10.2 Å². The number of pyridine rings is 1. The molecule has 1 amide bonds. The fraction of sp³-hybridized carbons (Fsp3) is 0.560. The molecule has 34 heavy (non-hydrogen) atoms. The van der Waals surface area contributed by atoms with Gasteiger partial charge in [-0.15, -0.1) is 0 Å². The number of nitriles is 1. The number of carbonyl (C=O) groups is 1. The van der Waals surface area contributed by atoms with Gasteiger partial charge in [0.2, 0.25) is 0 Å². The molecule has 1 saturated carbocycles. The molecular weight excluding hydrogens is 430 g/mol. The maximum Gasteiger partial charge on any atom is 0.410 e. The van der Waals surface area contributed by atoms with Crippen molar-refractivity contribution in [3.8, 4) is 6.07 Å². The maximum absolute atomic E-state index is 12.6. The van der Waals surface area contributed by atoms with Crippen LogP contribution in [-0.4, -0.2) is 64.3 Å². The Morgan fingerprint density at radius 2 is 2.03 bits per heavy atom. The van der Waals surface area contributed by atoms with Gasteiger partial charge in [-0.2, -0.15) is 5.26 Å². The Bertz CT molecular complexity index is 1150. The van der Waals surface area contributed by atoms with E-state index in [2.05, 4.69) is 25.8 Å². The molecule has 2 fully saturated rings. The van der Waals surface area contributed by atoms with E-state index in [0.717, 1.165) is 49.8 Å². The summed E-state index contributed by atoms with van der Waals surface area (Å²) in [6.45, 7) is 7.97. The van der Waals surface area contributed by atoms with Crippen molar-refractivity contribution in [2.24, 2.45) is 0 Å². The highest BCUT2D eigenvalue weighted by molar-refractivity contribution is 5.75. The van der Waals surface area contributed by atoms with Crippen LogP contribution in [0.5, 0.6) is 0 Å². The fourth-order valence-electron chi connectivity index (χ4n) is 5.31. The van der Waals surface area contributed by atoms with Gasteiger partial charge >= 0.3 is 6.09 Å². The fourth-order valence-corrected chi connectivity index (χ4v) is 5.31. The summed E-state index contributed by atoms with van der Waals surface area (Å²) in [5, 5.41) is 9.35. The third kappa shape index (κ3) is 3.81. The van der Waals surface area contributed by atoms with Crippen LogP contribution in [0.4, 0.5) is 22.2 Å². The van der Waals surface area contributed by atoms with Gasteiger partial charge in [0.1, 0.15) is 29.4 Å². The van der Waals surface area contributed by atoms with E-state index in [9.17, 15) is 10.1 Å². The number of aromatic nitrogens is 3. The predicted octanol–water partition coefficient (Wildman–Crippen LogP) is 3.76. The highest BCUT2D eigenvalue weighted by Gasteiger charge is 2.51. The number of hydrogen-bond acceptors (Lipinski definition) is 8. The van der Waals surface area contributed by atoms with E-state index in [0.29, 0.717) is 12.1 Å². The Balaban J connectivity index is 1.44. The Kier molecular flexibility index (Phi) is 5.34. The van der Waals surface area contributed by atoms with Gasteiger partial charge < -0.3 is 19.4 Å². The molecule has 5 rings (SSSR count). The molecule has 2 aromatic heterocycles. The average molecular weight is 462 g/mol. The first-order valence-electron chi connectivity index (χ1n) is 11.9. The first-order valence-corrected chi connectivity index (χ1v) is 11.9. The largest absolute Gasteiger partial charge is 0.444 e. The van der Waals surface area contributed by atoms with Crippen LogP contribution in [0.2, 0.25) is 0 Å². The molecule has 9 nitrogen and oxygen atoms in total. The van der Waals surface area contributed by atoms with E-state index in [1.165, 1.54) is 12.0 Å². The van der Waals surface area contributed by atoms with Crippen molar-refractivity contribution in [1.29, 1.82) is 5.26 Å². The standard InChI is InChI=1S/C25H31N7O2/c1-24(2,3)34-23(33)30(4)18-7-11-31(14-18)21-20-22(29-16-28-21)32(15-25(20)8-5-9-25)19-12-17(13-26)6-10-27-19/h6,10,12,16,18H,5,7-9,11,14-15H2,1-4H3/t18-/m1/s1. The van der Waals surface area contributed by atoms with Gasteiger partial charge in [-0.3, -0.25) is 0 Å². The van der Waals surface area contributed by atoms with Crippen LogP contribution in [0.3, 0.4) is 0 Å². The molecule has 9 heteroatoms. The lowest BCUT2D eigenvalue weighted by Gasteiger charge is -2.40. The molecule has 0 bridgehead atoms. The number of ether oxygens (including phenoxy) is 1. The van der Waals surface area contributed by atoms with E-state index in [-0.39, 0.29) is 17.6 Å². The Morgan fingerprint density at radius 3 is 2.71 bits per heavy atom. The lowest BCUT2D eigenvalue weighted by Crippen LogP contribution is -2.42. The molecular formula is C25H31N7O2. The predicted molar refractivity (Wildman–Crippen MR) is 128 cm³/mol. The summed E-state index contributed by atoms with van der Waals surface area (Å²) in [7, 11) is 1.82. The second-order valence-electron chi connectivity index (χ2n) is 10.6. The van der Waals surface area contributed by atoms with Crippen LogP contribution in [0.15, 0.2) is 24.7 Å². The summed E-state index contributed by atoms with van der Waals surface area (Å²) >= 11 is 0. The normalized spacial score (nSPS) is 20.6. The molecule has 0 radical (unpaired) electrons. The van der Waals surface area contributed by atoms with Gasteiger partial charge in [0.15, 0.2) is 0 Å². The minimum Gasteiger partial charge on any atom is -0.444 e. The number of nitrogens with zero attached hydrogens (tertiary/aromatic N) is 7. The number of carbonyl (C=O) groups excluding carboxylic acids is 1. The van der Waals surface area contributed by atoms with Crippen LogP contribution < -0.4 is 9.80 Å². The molecule has 3 aliphatic rings. The van der Waals surface area contributed by atoms with Crippen LogP contribution in [0.1, 0.15) is 57.6 Å². The van der Waals surface area contributed by atoms with Crippen molar-refractivity contribution in [2.45, 2.75) is 63.5 Å². The summed E-state index contributed by atoms with van der Waals surface area (Å²) in [5.41, 5.74) is 1.26. The van der Waals surface area contributed by atoms with Crippen molar-refractivity contribution in [3.63, 3.8) is 0 Å². The number of likely N-dealkylation sites (N-methyl/N-ethyl adjacent to an activating group) is 1. The highest BCUT2D eigenvalue weighted by Crippen LogP contribution is 2.56. The zero-order valence-electron chi connectivity index (χ0n) is 20.3. The molecule has 1 spiro atoms. The second-order valence-corrected chi connectivity index (χ2v) is 10.6. The smallest absolute Gasteiger partial charge is 0.410 e. The maximum atomic E-state index is 12.6. The average Bonchev–Trinajstić information content (AvgIpc) is 3.41. The van der Waals surface area contributed by atoms with Gasteiger partial charge in [0.05, 0.1) is 17.7 Å². The number of hydrogen-bond donors (Lipinski definition) is 0. The number of anilines is 3. The monoisotopic (exact) mass is 461 g/mol. The lowest BCUT2D eigenvalue weighted by atomic mass is 9.66. The third-order valence-electron chi connectivity index (χ3n) is 7.21. The number of amides is 1. The van der Waals surface area contributed by atoms with Gasteiger partial charge in [-0.1, -0.05) is 6.42 Å². The van der Waals surface area contributed by atoms with Gasteiger partial charge in [0.25, 0.3) is 0 Å². The Hall–Kier alpha value is -3.41. The Morgan fingerprint density at radius 1 is 1.26 bits per heavy atom. The van der Waals surface area contributed by atoms with E-state index in [1.807, 2.05) is 33.9 Å². The topological polar surface area (TPSA) is 98.5 Å². The summed E-state index contributed by atoms with van der Waals surface area (Å²) in [5.74, 6) is 2.60. The van der Waals surface area contributed by atoms with Crippen molar-refractivity contribution in [2.75, 3.05) is 36.5 Å². The van der Waals surface area contributed by atoms with E-state index >= 15 is 0 Å². The highest BCUT2D eigenvalue weighted by atomic mass is 16.6. The first kappa shape index (κ1) is 22.4. The summed E-state index contributed by atoms with van der Waals surface area (Å²) in [4.78, 5) is 32.7. The molecule has 178 valence electrons. The van der Waals surface area contributed by atoms with Crippen molar-refractivity contribution in [1.82, 2.24) is 19.9 Å². The molecule has 1 saturated heterocycles. The molecule has 1 aliphatic carbocycles. The van der Waals surface area contributed by atoms with Gasteiger partial charge in [0, 0.05) is 43.9 Å². The van der Waals surface area contributed by atoms with Crippen LogP contribution >= 0.6 is 0 Å². The molecule has 0 aromatic carbocycles. The molecule has 0 unspecified atom stereocenters. The van der Waals surface area contributed by atoms with Crippen molar-refractivity contribution < 1.29 is 9.53 Å². The van der Waals surface area contributed by atoms with Gasteiger partial charge in [-0.25, -0.2) is 19.7 Å². The zero-order valence-corrected chi connectivity index (χ0v) is 20.3. The first-order chi connectivity index (χ1) is 16.2. The third-order valence-corrected chi connectivity index (χ3v) is 7.21. The lowest BCUT2D eigenvalue weighted by molar-refractivity contribution is 0.0238. The molecule has 2 aromatic rings. The molecule has 4 heterocycles. The molecule has 2 aliphatic heterocycles. The van der Waals surface area contributed by atoms with E-state index in [1.54, 1.807) is 23.5 Å². The Labute approximate surface area is 200 Å². The second kappa shape index (κ2) is 8.12. The summed E-state index contributed by atoms with van der Waals surface area (Å²) < 4.78 is 5.57. The molecule has 0 N–H and O–H groups in total. The number of fused-ring (bicyclic) bond motifs is 2. The minimum atomic E-state index is -0.520. The SMILES string of the molecule is CN(C(=O)OC(C)(C)C)[C@@H]1CCN(c2ncnc3c2C2(CCC2)CN3c2cc(C#N)ccn2)C1. The minimum absolute atomic E-state index is 0.00537. The quantitative estimate of drug-likeness (QED) is 0.681. The van der Waals surface area contributed by atoms with Crippen molar-refractivity contribution in [3.05, 3.63) is 35.8 Å². The molecule has 1 atom stereocenters. The zero-order chi connectivity index (χ0) is 24.1. The van der Waals surface area contributed by atoms with Crippen LogP contribution in [0.25, 0.3) is 0 Å². The van der Waals surface area contributed by atoms with E-state index in [4.69, 9.17) is 9.72 Å². The summed E-state index contributed by atoms with van der Waals surface area (Å²) in [6, 6.07) is 5.81. The van der Waals surface area contributed by atoms with Crippen LogP contribution in [0, 0.1) is 11.3 Å².